The Labute approximate surface area is 112 Å². The molecule has 0 radical (unpaired) electrons. The predicted molar refractivity (Wildman–Crippen MR) is 74.8 cm³/mol. The van der Waals surface area contributed by atoms with Crippen molar-refractivity contribution in [3.8, 4) is 0 Å². The number of aliphatic hydroxyl groups excluding tert-OH is 2. The van der Waals surface area contributed by atoms with E-state index in [4.69, 9.17) is 9.84 Å². The van der Waals surface area contributed by atoms with Crippen LogP contribution in [0.25, 0.3) is 0 Å². The highest BCUT2D eigenvalue weighted by Gasteiger charge is 2.07. The first-order chi connectivity index (χ1) is 8.70. The third kappa shape index (κ3) is 12.3. The molecule has 2 N–H and O–H groups in total. The summed E-state index contributed by atoms with van der Waals surface area (Å²) in [5.41, 5.74) is 0. The Balaban J connectivity index is 3.22. The standard InChI is InChI=1S/C14H31NO3/c1-3-4-5-6-7-8-11-18-13-14(17)12-15(2)9-10-16/h14,16-17H,3-13H2,1-2H3. The molecule has 0 aliphatic rings. The Morgan fingerprint density at radius 3 is 2.44 bits per heavy atom. The van der Waals surface area contributed by atoms with Crippen molar-refractivity contribution in [2.24, 2.45) is 0 Å². The molecular weight excluding hydrogens is 230 g/mol. The maximum Gasteiger partial charge on any atom is 0.0900 e. The van der Waals surface area contributed by atoms with Crippen LogP contribution in [0.5, 0.6) is 0 Å². The van der Waals surface area contributed by atoms with Crippen LogP contribution in [0.3, 0.4) is 0 Å². The maximum atomic E-state index is 9.67. The van der Waals surface area contributed by atoms with Gasteiger partial charge in [-0.05, 0) is 13.5 Å². The van der Waals surface area contributed by atoms with Crippen LogP contribution < -0.4 is 0 Å². The minimum absolute atomic E-state index is 0.127. The van der Waals surface area contributed by atoms with Crippen LogP contribution >= 0.6 is 0 Å². The Kier molecular flexibility index (Phi) is 13.2. The number of nitrogens with zero attached hydrogens (tertiary/aromatic N) is 1. The van der Waals surface area contributed by atoms with Crippen molar-refractivity contribution in [3.05, 3.63) is 0 Å². The van der Waals surface area contributed by atoms with Gasteiger partial charge in [0.1, 0.15) is 0 Å². The highest BCUT2D eigenvalue weighted by molar-refractivity contribution is 4.60. The van der Waals surface area contributed by atoms with Gasteiger partial charge in [-0.25, -0.2) is 0 Å². The molecule has 0 aliphatic carbocycles. The van der Waals surface area contributed by atoms with E-state index in [1.54, 1.807) is 0 Å². The molecule has 4 nitrogen and oxygen atoms in total. The summed E-state index contributed by atoms with van der Waals surface area (Å²) in [5, 5.41) is 18.4. The van der Waals surface area contributed by atoms with Crippen molar-refractivity contribution >= 4 is 0 Å². The molecule has 4 heteroatoms. The normalized spacial score (nSPS) is 13.2. The lowest BCUT2D eigenvalue weighted by molar-refractivity contribution is 0.0176. The van der Waals surface area contributed by atoms with Crippen LogP contribution in [0, 0.1) is 0 Å². The first kappa shape index (κ1) is 17.8. The summed E-state index contributed by atoms with van der Waals surface area (Å²) in [6, 6.07) is 0. The molecule has 110 valence electrons. The number of ether oxygens (including phenoxy) is 1. The summed E-state index contributed by atoms with van der Waals surface area (Å²) in [4.78, 5) is 1.90. The second-order valence-corrected chi connectivity index (χ2v) is 4.98. The second kappa shape index (κ2) is 13.3. The van der Waals surface area contributed by atoms with Gasteiger partial charge in [0.2, 0.25) is 0 Å². The Morgan fingerprint density at radius 2 is 1.78 bits per heavy atom. The molecule has 1 unspecified atom stereocenters. The minimum Gasteiger partial charge on any atom is -0.395 e. The zero-order chi connectivity index (χ0) is 13.6. The smallest absolute Gasteiger partial charge is 0.0900 e. The van der Waals surface area contributed by atoms with Gasteiger partial charge < -0.3 is 19.8 Å². The zero-order valence-corrected chi connectivity index (χ0v) is 12.1. The number of hydrogen-bond donors (Lipinski definition) is 2. The van der Waals surface area contributed by atoms with Gasteiger partial charge >= 0.3 is 0 Å². The SMILES string of the molecule is CCCCCCCCOCC(O)CN(C)CCO. The van der Waals surface area contributed by atoms with E-state index in [0.29, 0.717) is 19.7 Å². The summed E-state index contributed by atoms with van der Waals surface area (Å²) in [6.45, 7) is 4.63. The van der Waals surface area contributed by atoms with Gasteiger partial charge in [-0.15, -0.1) is 0 Å². The third-order valence-electron chi connectivity index (χ3n) is 2.96. The summed E-state index contributed by atoms with van der Waals surface area (Å²) in [7, 11) is 1.88. The first-order valence-corrected chi connectivity index (χ1v) is 7.26. The molecule has 0 heterocycles. The molecule has 18 heavy (non-hydrogen) atoms. The van der Waals surface area contributed by atoms with Gasteiger partial charge in [-0.1, -0.05) is 39.0 Å². The molecular formula is C14H31NO3. The lowest BCUT2D eigenvalue weighted by Crippen LogP contribution is -2.33. The Bertz CT molecular complexity index is 167. The van der Waals surface area contributed by atoms with Crippen LogP contribution in [0.4, 0.5) is 0 Å². The minimum atomic E-state index is -0.457. The van der Waals surface area contributed by atoms with E-state index in [2.05, 4.69) is 6.92 Å². The molecule has 0 amide bonds. The summed E-state index contributed by atoms with van der Waals surface area (Å²) in [6.07, 6.45) is 7.08. The molecule has 0 aromatic rings. The average Bonchev–Trinajstić information content (AvgIpc) is 2.32. The molecule has 0 saturated heterocycles. The topological polar surface area (TPSA) is 52.9 Å². The quantitative estimate of drug-likeness (QED) is 0.495. The number of rotatable bonds is 13. The molecule has 0 rings (SSSR count). The molecule has 0 aromatic carbocycles. The molecule has 0 fully saturated rings. The van der Waals surface area contributed by atoms with Crippen molar-refractivity contribution in [1.29, 1.82) is 0 Å². The van der Waals surface area contributed by atoms with Crippen LogP contribution in [-0.4, -0.2) is 61.2 Å². The third-order valence-corrected chi connectivity index (χ3v) is 2.96. The van der Waals surface area contributed by atoms with Gasteiger partial charge in [-0.2, -0.15) is 0 Å². The van der Waals surface area contributed by atoms with E-state index in [-0.39, 0.29) is 6.61 Å². The molecule has 0 aliphatic heterocycles. The lowest BCUT2D eigenvalue weighted by atomic mass is 10.1. The lowest BCUT2D eigenvalue weighted by Gasteiger charge is -2.19. The van der Waals surface area contributed by atoms with Gasteiger partial charge in [0.05, 0.1) is 19.3 Å². The van der Waals surface area contributed by atoms with E-state index in [9.17, 15) is 5.11 Å². The fourth-order valence-electron chi connectivity index (χ4n) is 1.88. The van der Waals surface area contributed by atoms with E-state index in [1.807, 2.05) is 11.9 Å². The van der Waals surface area contributed by atoms with E-state index >= 15 is 0 Å². The van der Waals surface area contributed by atoms with Crippen molar-refractivity contribution in [2.75, 3.05) is 40.0 Å². The zero-order valence-electron chi connectivity index (χ0n) is 12.1. The van der Waals surface area contributed by atoms with Crippen LogP contribution in [0.15, 0.2) is 0 Å². The van der Waals surface area contributed by atoms with Gasteiger partial charge in [-0.3, -0.25) is 0 Å². The van der Waals surface area contributed by atoms with Crippen LogP contribution in [0.1, 0.15) is 45.4 Å². The maximum absolute atomic E-state index is 9.67. The highest BCUT2D eigenvalue weighted by Crippen LogP contribution is 2.05. The fraction of sp³-hybridized carbons (Fsp3) is 1.00. The molecule has 0 bridgehead atoms. The number of unbranched alkanes of at least 4 members (excludes halogenated alkanes) is 5. The van der Waals surface area contributed by atoms with Crippen molar-refractivity contribution in [1.82, 2.24) is 4.90 Å². The summed E-state index contributed by atoms with van der Waals surface area (Å²) in [5.74, 6) is 0. The Morgan fingerprint density at radius 1 is 1.11 bits per heavy atom. The number of aliphatic hydroxyl groups is 2. The second-order valence-electron chi connectivity index (χ2n) is 4.98. The van der Waals surface area contributed by atoms with E-state index < -0.39 is 6.10 Å². The van der Waals surface area contributed by atoms with Crippen molar-refractivity contribution < 1.29 is 14.9 Å². The average molecular weight is 261 g/mol. The summed E-state index contributed by atoms with van der Waals surface area (Å²) < 4.78 is 5.44. The van der Waals surface area contributed by atoms with Gasteiger partial charge in [0.25, 0.3) is 0 Å². The van der Waals surface area contributed by atoms with Gasteiger partial charge in [0, 0.05) is 19.7 Å². The largest absolute Gasteiger partial charge is 0.395 e. The van der Waals surface area contributed by atoms with Gasteiger partial charge in [0.15, 0.2) is 0 Å². The molecule has 1 atom stereocenters. The van der Waals surface area contributed by atoms with Crippen molar-refractivity contribution in [3.63, 3.8) is 0 Å². The van der Waals surface area contributed by atoms with E-state index in [0.717, 1.165) is 13.0 Å². The fourth-order valence-corrected chi connectivity index (χ4v) is 1.88. The van der Waals surface area contributed by atoms with Crippen LogP contribution in [-0.2, 0) is 4.74 Å². The van der Waals surface area contributed by atoms with Crippen molar-refractivity contribution in [2.45, 2.75) is 51.6 Å². The summed E-state index contributed by atoms with van der Waals surface area (Å²) >= 11 is 0. The number of hydrogen-bond acceptors (Lipinski definition) is 4. The van der Waals surface area contributed by atoms with E-state index in [1.165, 1.54) is 32.1 Å². The number of likely N-dealkylation sites (N-methyl/N-ethyl adjacent to an activating group) is 1. The first-order valence-electron chi connectivity index (χ1n) is 7.26. The molecule has 0 spiro atoms. The monoisotopic (exact) mass is 261 g/mol. The molecule has 0 aromatic heterocycles. The van der Waals surface area contributed by atoms with Crippen LogP contribution in [0.2, 0.25) is 0 Å². The predicted octanol–water partition coefficient (Wildman–Crippen LogP) is 1.65. The highest BCUT2D eigenvalue weighted by atomic mass is 16.5. The molecule has 0 saturated carbocycles. The Hall–Kier alpha value is -0.160.